The fourth-order valence-electron chi connectivity index (χ4n) is 3.11. The molecule has 32 heavy (non-hydrogen) atoms. The third-order valence-electron chi connectivity index (χ3n) is 4.64. The molecule has 0 saturated heterocycles. The lowest BCUT2D eigenvalue weighted by Crippen LogP contribution is -2.16. The van der Waals surface area contributed by atoms with Crippen molar-refractivity contribution in [1.29, 1.82) is 0 Å². The summed E-state index contributed by atoms with van der Waals surface area (Å²) in [5.41, 5.74) is 0.810. The minimum Gasteiger partial charge on any atom is -0.492 e. The number of hydrogen-bond donors (Lipinski definition) is 0. The van der Waals surface area contributed by atoms with Crippen LogP contribution in [0.15, 0.2) is 68.4 Å². The van der Waals surface area contributed by atoms with Crippen LogP contribution in [0.3, 0.4) is 0 Å². The molecule has 0 spiro atoms. The molecule has 4 aromatic rings. The van der Waals surface area contributed by atoms with Gasteiger partial charge in [-0.2, -0.15) is 0 Å². The van der Waals surface area contributed by atoms with Crippen molar-refractivity contribution in [3.05, 3.63) is 80.6 Å². The minimum absolute atomic E-state index is 0.0219. The summed E-state index contributed by atoms with van der Waals surface area (Å²) in [4.78, 5) is 25.6. The SMILES string of the molecule is Cc1ccc2oc(-c3ccco3)c(OC(=O)CCCOc3ccc(Cl)cc3Cl)c(=O)c2c1. The Morgan fingerprint density at radius 3 is 2.69 bits per heavy atom. The average molecular weight is 473 g/mol. The fourth-order valence-corrected chi connectivity index (χ4v) is 3.57. The van der Waals surface area contributed by atoms with E-state index in [0.717, 1.165) is 5.56 Å². The molecule has 164 valence electrons. The number of furan rings is 1. The molecule has 0 atom stereocenters. The number of carbonyl (C=O) groups is 1. The molecule has 0 aliphatic carbocycles. The predicted octanol–water partition coefficient (Wildman–Crippen LogP) is 6.43. The Morgan fingerprint density at radius 1 is 1.09 bits per heavy atom. The van der Waals surface area contributed by atoms with Crippen LogP contribution in [-0.4, -0.2) is 12.6 Å². The average Bonchev–Trinajstić information content (AvgIpc) is 3.29. The molecule has 0 aliphatic heterocycles. The first kappa shape index (κ1) is 22.0. The van der Waals surface area contributed by atoms with Gasteiger partial charge in [0.15, 0.2) is 5.76 Å². The highest BCUT2D eigenvalue weighted by atomic mass is 35.5. The quantitative estimate of drug-likeness (QED) is 0.227. The Labute approximate surface area is 193 Å². The summed E-state index contributed by atoms with van der Waals surface area (Å²) in [5.74, 6) is 0.0182. The zero-order valence-corrected chi connectivity index (χ0v) is 18.5. The van der Waals surface area contributed by atoms with Crippen LogP contribution in [-0.2, 0) is 4.79 Å². The number of benzene rings is 2. The van der Waals surface area contributed by atoms with Crippen LogP contribution >= 0.6 is 23.2 Å². The van der Waals surface area contributed by atoms with E-state index in [0.29, 0.717) is 33.2 Å². The Balaban J connectivity index is 1.50. The normalized spacial score (nSPS) is 11.0. The highest BCUT2D eigenvalue weighted by Gasteiger charge is 2.22. The lowest BCUT2D eigenvalue weighted by atomic mass is 10.1. The van der Waals surface area contributed by atoms with Gasteiger partial charge in [0.25, 0.3) is 0 Å². The van der Waals surface area contributed by atoms with E-state index in [1.807, 2.05) is 13.0 Å². The minimum atomic E-state index is -0.595. The van der Waals surface area contributed by atoms with Crippen molar-refractivity contribution in [1.82, 2.24) is 0 Å². The molecule has 8 heteroatoms. The van der Waals surface area contributed by atoms with E-state index in [4.69, 9.17) is 41.5 Å². The van der Waals surface area contributed by atoms with Crippen LogP contribution in [0.5, 0.6) is 11.5 Å². The summed E-state index contributed by atoms with van der Waals surface area (Å²) in [6.07, 6.45) is 1.82. The number of aryl methyl sites for hydroxylation is 1. The van der Waals surface area contributed by atoms with Crippen molar-refractivity contribution >= 4 is 40.1 Å². The summed E-state index contributed by atoms with van der Waals surface area (Å²) in [7, 11) is 0. The molecule has 6 nitrogen and oxygen atoms in total. The Kier molecular flexibility index (Phi) is 6.53. The summed E-state index contributed by atoms with van der Waals surface area (Å²) in [5, 5.41) is 1.21. The first-order chi connectivity index (χ1) is 15.4. The number of fused-ring (bicyclic) bond motifs is 1. The van der Waals surface area contributed by atoms with Gasteiger partial charge >= 0.3 is 5.97 Å². The number of halogens is 2. The van der Waals surface area contributed by atoms with Gasteiger partial charge in [-0.1, -0.05) is 34.8 Å². The van der Waals surface area contributed by atoms with Gasteiger partial charge < -0.3 is 18.3 Å². The van der Waals surface area contributed by atoms with Crippen LogP contribution in [0.25, 0.3) is 22.5 Å². The molecule has 2 heterocycles. The molecular formula is C24H18Cl2O6. The van der Waals surface area contributed by atoms with Crippen molar-refractivity contribution in [2.75, 3.05) is 6.61 Å². The molecule has 0 N–H and O–H groups in total. The summed E-state index contributed by atoms with van der Waals surface area (Å²) in [6, 6.07) is 13.4. The van der Waals surface area contributed by atoms with Crippen molar-refractivity contribution in [3.8, 4) is 23.0 Å². The van der Waals surface area contributed by atoms with Gasteiger partial charge in [-0.05, 0) is 55.8 Å². The van der Waals surface area contributed by atoms with Crippen molar-refractivity contribution < 1.29 is 23.1 Å². The van der Waals surface area contributed by atoms with Crippen molar-refractivity contribution in [3.63, 3.8) is 0 Å². The second-order valence-corrected chi connectivity index (χ2v) is 7.91. The summed E-state index contributed by atoms with van der Waals surface area (Å²) >= 11 is 11.9. The lowest BCUT2D eigenvalue weighted by molar-refractivity contribution is -0.134. The maximum atomic E-state index is 13.1. The second kappa shape index (κ2) is 9.51. The topological polar surface area (TPSA) is 78.9 Å². The maximum absolute atomic E-state index is 13.1. The number of ether oxygens (including phenoxy) is 2. The van der Waals surface area contributed by atoms with Crippen LogP contribution in [0.2, 0.25) is 10.0 Å². The van der Waals surface area contributed by atoms with Crippen LogP contribution < -0.4 is 14.9 Å². The number of esters is 1. The molecule has 0 radical (unpaired) electrons. The third kappa shape index (κ3) is 4.82. The largest absolute Gasteiger partial charge is 0.492 e. The molecule has 0 bridgehead atoms. The van der Waals surface area contributed by atoms with E-state index in [9.17, 15) is 9.59 Å². The Bertz CT molecular complexity index is 1320. The standard InChI is InChI=1S/C24H18Cl2O6/c1-14-6-8-18-16(12-14)22(28)24(23(31-18)20-4-2-10-30-20)32-21(27)5-3-11-29-19-9-7-15(25)13-17(19)26/h2,4,6-10,12-13H,3,5,11H2,1H3. The maximum Gasteiger partial charge on any atom is 0.311 e. The molecular weight excluding hydrogens is 455 g/mol. The first-order valence-corrected chi connectivity index (χ1v) is 10.6. The van der Waals surface area contributed by atoms with Gasteiger partial charge in [0, 0.05) is 11.4 Å². The Hall–Kier alpha value is -3.22. The monoisotopic (exact) mass is 472 g/mol. The number of rotatable bonds is 7. The predicted molar refractivity (Wildman–Crippen MR) is 122 cm³/mol. The van der Waals surface area contributed by atoms with E-state index in [2.05, 4.69) is 0 Å². The number of carbonyl (C=O) groups excluding carboxylic acids is 1. The lowest BCUT2D eigenvalue weighted by Gasteiger charge is -2.10. The van der Waals surface area contributed by atoms with Crippen LogP contribution in [0.4, 0.5) is 0 Å². The van der Waals surface area contributed by atoms with Gasteiger partial charge in [-0.15, -0.1) is 0 Å². The van der Waals surface area contributed by atoms with Gasteiger partial charge in [-0.25, -0.2) is 0 Å². The zero-order valence-electron chi connectivity index (χ0n) is 17.0. The van der Waals surface area contributed by atoms with Gasteiger partial charge in [-0.3, -0.25) is 9.59 Å². The molecule has 0 fully saturated rings. The van der Waals surface area contributed by atoms with Gasteiger partial charge in [0.2, 0.25) is 16.9 Å². The highest BCUT2D eigenvalue weighted by molar-refractivity contribution is 6.35. The fraction of sp³-hybridized carbons (Fsp3) is 0.167. The zero-order chi connectivity index (χ0) is 22.7. The molecule has 0 aliphatic rings. The van der Waals surface area contributed by atoms with Crippen LogP contribution in [0.1, 0.15) is 18.4 Å². The molecule has 2 aromatic carbocycles. The Morgan fingerprint density at radius 2 is 1.94 bits per heavy atom. The van der Waals surface area contributed by atoms with Crippen LogP contribution in [0, 0.1) is 6.92 Å². The van der Waals surface area contributed by atoms with E-state index in [1.165, 1.54) is 6.26 Å². The van der Waals surface area contributed by atoms with E-state index < -0.39 is 11.4 Å². The molecule has 0 unspecified atom stereocenters. The van der Waals surface area contributed by atoms with E-state index in [-0.39, 0.29) is 30.3 Å². The van der Waals surface area contributed by atoms with E-state index in [1.54, 1.807) is 42.5 Å². The van der Waals surface area contributed by atoms with Gasteiger partial charge in [0.05, 0.1) is 23.3 Å². The second-order valence-electron chi connectivity index (χ2n) is 7.07. The van der Waals surface area contributed by atoms with Crippen molar-refractivity contribution in [2.24, 2.45) is 0 Å². The van der Waals surface area contributed by atoms with E-state index >= 15 is 0 Å². The third-order valence-corrected chi connectivity index (χ3v) is 5.17. The summed E-state index contributed by atoms with van der Waals surface area (Å²) in [6.45, 7) is 2.09. The number of hydrogen-bond acceptors (Lipinski definition) is 6. The first-order valence-electron chi connectivity index (χ1n) is 9.82. The molecule has 0 amide bonds. The molecule has 0 saturated carbocycles. The van der Waals surface area contributed by atoms with Gasteiger partial charge in [0.1, 0.15) is 11.3 Å². The van der Waals surface area contributed by atoms with Crippen molar-refractivity contribution in [2.45, 2.75) is 19.8 Å². The molecule has 2 aromatic heterocycles. The molecule has 4 rings (SSSR count). The summed E-state index contributed by atoms with van der Waals surface area (Å²) < 4.78 is 22.2. The smallest absolute Gasteiger partial charge is 0.311 e. The highest BCUT2D eigenvalue weighted by Crippen LogP contribution is 2.32.